The maximum Gasteiger partial charge on any atom is 0.299 e. The van der Waals surface area contributed by atoms with Crippen LogP contribution in [0.3, 0.4) is 0 Å². The number of carbonyl (C=O) groups excluding carboxylic acids is 2. The molecule has 21 heavy (non-hydrogen) atoms. The minimum atomic E-state index is -0.388. The van der Waals surface area contributed by atoms with Gasteiger partial charge in [0.25, 0.3) is 11.7 Å². The van der Waals surface area contributed by atoms with E-state index in [1.54, 1.807) is 4.90 Å². The summed E-state index contributed by atoms with van der Waals surface area (Å²) in [7, 11) is 0. The number of carbonyl (C=O) groups is 2. The molecule has 1 heterocycles. The zero-order chi connectivity index (χ0) is 15.4. The van der Waals surface area contributed by atoms with Gasteiger partial charge in [-0.2, -0.15) is 0 Å². The highest BCUT2D eigenvalue weighted by atomic mass is 16.2. The highest BCUT2D eigenvalue weighted by Gasteiger charge is 2.36. The maximum absolute atomic E-state index is 12.2. The lowest BCUT2D eigenvalue weighted by molar-refractivity contribution is -0.114. The molecule has 114 valence electrons. The minimum Gasteiger partial charge on any atom is -0.316 e. The molecule has 0 spiro atoms. The number of Topliss-reactive ketones (excluding diaryl/α,β-unsaturated/α-hetero) is 1. The Bertz CT molecular complexity index is 540. The molecule has 0 saturated heterocycles. The predicted octanol–water partition coefficient (Wildman–Crippen LogP) is 2.41. The minimum absolute atomic E-state index is 0.310. The van der Waals surface area contributed by atoms with Crippen molar-refractivity contribution in [1.29, 1.82) is 0 Å². The van der Waals surface area contributed by atoms with Crippen molar-refractivity contribution in [2.24, 2.45) is 5.92 Å². The van der Waals surface area contributed by atoms with Crippen LogP contribution in [0, 0.1) is 5.92 Å². The van der Waals surface area contributed by atoms with Crippen molar-refractivity contribution in [2.45, 2.75) is 33.6 Å². The molecule has 0 saturated carbocycles. The molecule has 1 N–H and O–H groups in total. The smallest absolute Gasteiger partial charge is 0.299 e. The van der Waals surface area contributed by atoms with Crippen LogP contribution >= 0.6 is 0 Å². The molecule has 0 radical (unpaired) electrons. The van der Waals surface area contributed by atoms with Gasteiger partial charge in [-0.1, -0.05) is 26.8 Å². The lowest BCUT2D eigenvalue weighted by Gasteiger charge is -2.21. The number of rotatable bonds is 7. The van der Waals surface area contributed by atoms with E-state index >= 15 is 0 Å². The number of anilines is 1. The van der Waals surface area contributed by atoms with Gasteiger partial charge in [-0.25, -0.2) is 0 Å². The zero-order valence-electron chi connectivity index (χ0n) is 13.1. The Labute approximate surface area is 126 Å². The standard InChI is InChI=1S/C17H24N2O2/c1-4-8-18-10-12(3)11-19-15-7-6-13(5-2)9-14(15)16(20)17(19)21/h6-7,9,12,18H,4-5,8,10-11H2,1-3H3. The van der Waals surface area contributed by atoms with Gasteiger partial charge in [-0.05, 0) is 49.5 Å². The zero-order valence-corrected chi connectivity index (χ0v) is 13.1. The summed E-state index contributed by atoms with van der Waals surface area (Å²) in [5.41, 5.74) is 2.42. The van der Waals surface area contributed by atoms with Gasteiger partial charge in [-0.15, -0.1) is 0 Å². The highest BCUT2D eigenvalue weighted by molar-refractivity contribution is 6.52. The second kappa shape index (κ2) is 6.85. The molecular weight excluding hydrogens is 264 g/mol. The third-order valence-electron chi connectivity index (χ3n) is 3.86. The van der Waals surface area contributed by atoms with E-state index in [1.807, 2.05) is 25.1 Å². The molecule has 1 aromatic carbocycles. The van der Waals surface area contributed by atoms with Crippen LogP contribution in [-0.4, -0.2) is 31.3 Å². The van der Waals surface area contributed by atoms with Crippen molar-refractivity contribution >= 4 is 17.4 Å². The summed E-state index contributed by atoms with van der Waals surface area (Å²) in [5, 5.41) is 3.35. The molecule has 0 aromatic heterocycles. The van der Waals surface area contributed by atoms with Crippen LogP contribution in [0.15, 0.2) is 18.2 Å². The Hall–Kier alpha value is -1.68. The van der Waals surface area contributed by atoms with Crippen LogP contribution in [0.5, 0.6) is 0 Å². The number of amides is 1. The molecule has 4 nitrogen and oxygen atoms in total. The average molecular weight is 288 g/mol. The molecule has 0 fully saturated rings. The summed E-state index contributed by atoms with van der Waals surface area (Å²) in [4.78, 5) is 25.9. The summed E-state index contributed by atoms with van der Waals surface area (Å²) in [6.07, 6.45) is 1.96. The molecule has 0 bridgehead atoms. The van der Waals surface area contributed by atoms with E-state index in [2.05, 4.69) is 19.2 Å². The van der Waals surface area contributed by atoms with E-state index in [0.29, 0.717) is 18.0 Å². The Morgan fingerprint density at radius 3 is 2.67 bits per heavy atom. The molecule has 0 aliphatic carbocycles. The number of ketones is 1. The van der Waals surface area contributed by atoms with Gasteiger partial charge in [0.2, 0.25) is 0 Å². The Kier molecular flexibility index (Phi) is 5.12. The lowest BCUT2D eigenvalue weighted by atomic mass is 10.1. The van der Waals surface area contributed by atoms with Crippen LogP contribution in [0.4, 0.5) is 5.69 Å². The van der Waals surface area contributed by atoms with Gasteiger partial charge in [0.05, 0.1) is 11.3 Å². The maximum atomic E-state index is 12.2. The molecule has 1 aliphatic heterocycles. The van der Waals surface area contributed by atoms with Crippen LogP contribution in [0.2, 0.25) is 0 Å². The van der Waals surface area contributed by atoms with Crippen LogP contribution < -0.4 is 10.2 Å². The summed E-state index contributed by atoms with van der Waals surface area (Å²) < 4.78 is 0. The van der Waals surface area contributed by atoms with Gasteiger partial charge in [0.15, 0.2) is 0 Å². The van der Waals surface area contributed by atoms with Crippen molar-refractivity contribution in [3.05, 3.63) is 29.3 Å². The van der Waals surface area contributed by atoms with E-state index in [0.717, 1.165) is 37.2 Å². The number of hydrogen-bond donors (Lipinski definition) is 1. The normalized spacial score (nSPS) is 15.5. The second-order valence-corrected chi connectivity index (χ2v) is 5.76. The summed E-state index contributed by atoms with van der Waals surface area (Å²) in [5.74, 6) is -0.445. The van der Waals surface area contributed by atoms with E-state index in [-0.39, 0.29) is 11.7 Å². The topological polar surface area (TPSA) is 49.4 Å². The molecule has 1 amide bonds. The van der Waals surface area contributed by atoms with E-state index in [9.17, 15) is 9.59 Å². The van der Waals surface area contributed by atoms with Crippen molar-refractivity contribution in [2.75, 3.05) is 24.5 Å². The molecule has 2 rings (SSSR count). The van der Waals surface area contributed by atoms with E-state index in [1.165, 1.54) is 0 Å². The number of hydrogen-bond acceptors (Lipinski definition) is 3. The average Bonchev–Trinajstić information content (AvgIpc) is 2.72. The van der Waals surface area contributed by atoms with Crippen molar-refractivity contribution in [3.63, 3.8) is 0 Å². The van der Waals surface area contributed by atoms with Gasteiger partial charge < -0.3 is 10.2 Å². The summed E-state index contributed by atoms with van der Waals surface area (Å²) >= 11 is 0. The van der Waals surface area contributed by atoms with Crippen molar-refractivity contribution in [3.8, 4) is 0 Å². The quantitative estimate of drug-likeness (QED) is 0.619. The fourth-order valence-electron chi connectivity index (χ4n) is 2.65. The van der Waals surface area contributed by atoms with Crippen LogP contribution in [0.1, 0.15) is 43.1 Å². The summed E-state index contributed by atoms with van der Waals surface area (Å²) in [6, 6.07) is 5.76. The largest absolute Gasteiger partial charge is 0.316 e. The first-order valence-electron chi connectivity index (χ1n) is 7.78. The van der Waals surface area contributed by atoms with Crippen LogP contribution in [0.25, 0.3) is 0 Å². The number of nitrogens with zero attached hydrogens (tertiary/aromatic N) is 1. The first-order chi connectivity index (χ1) is 10.1. The first-order valence-corrected chi connectivity index (χ1v) is 7.78. The van der Waals surface area contributed by atoms with E-state index in [4.69, 9.17) is 0 Å². The van der Waals surface area contributed by atoms with Gasteiger partial charge in [0.1, 0.15) is 0 Å². The van der Waals surface area contributed by atoms with Gasteiger partial charge in [-0.3, -0.25) is 9.59 Å². The Morgan fingerprint density at radius 1 is 1.24 bits per heavy atom. The highest BCUT2D eigenvalue weighted by Crippen LogP contribution is 2.30. The predicted molar refractivity (Wildman–Crippen MR) is 84.8 cm³/mol. The fourth-order valence-corrected chi connectivity index (χ4v) is 2.65. The second-order valence-electron chi connectivity index (χ2n) is 5.76. The monoisotopic (exact) mass is 288 g/mol. The van der Waals surface area contributed by atoms with Crippen molar-refractivity contribution < 1.29 is 9.59 Å². The van der Waals surface area contributed by atoms with Crippen LogP contribution in [-0.2, 0) is 11.2 Å². The number of aryl methyl sites for hydroxylation is 1. The van der Waals surface area contributed by atoms with Gasteiger partial charge in [0, 0.05) is 6.54 Å². The lowest BCUT2D eigenvalue weighted by Crippen LogP contribution is -2.37. The molecule has 1 unspecified atom stereocenters. The Morgan fingerprint density at radius 2 is 2.00 bits per heavy atom. The molecule has 4 heteroatoms. The molecular formula is C17H24N2O2. The number of nitrogens with one attached hydrogen (secondary N) is 1. The summed E-state index contributed by atoms with van der Waals surface area (Å²) in [6.45, 7) is 8.69. The molecule has 1 aliphatic rings. The first kappa shape index (κ1) is 15.7. The Balaban J connectivity index is 2.12. The van der Waals surface area contributed by atoms with E-state index < -0.39 is 0 Å². The fraction of sp³-hybridized carbons (Fsp3) is 0.529. The SMILES string of the molecule is CCCNCC(C)CN1C(=O)C(=O)c2cc(CC)ccc21. The molecule has 1 atom stereocenters. The van der Waals surface area contributed by atoms with Gasteiger partial charge >= 0.3 is 0 Å². The van der Waals surface area contributed by atoms with Crippen molar-refractivity contribution in [1.82, 2.24) is 5.32 Å². The number of benzene rings is 1. The molecule has 1 aromatic rings. The number of fused-ring (bicyclic) bond motifs is 1. The third kappa shape index (κ3) is 3.32. The third-order valence-corrected chi connectivity index (χ3v) is 3.86.